The third kappa shape index (κ3) is 4.78. The number of hydrogen-bond acceptors (Lipinski definition) is 8. The zero-order valence-electron chi connectivity index (χ0n) is 17.9. The van der Waals surface area contributed by atoms with E-state index in [2.05, 4.69) is 30.9 Å². The quantitative estimate of drug-likeness (QED) is 0.343. The van der Waals surface area contributed by atoms with Crippen molar-refractivity contribution in [1.29, 1.82) is 0 Å². The first-order valence-electron chi connectivity index (χ1n) is 10.3. The molecule has 2 aromatic heterocycles. The van der Waals surface area contributed by atoms with Gasteiger partial charge in [0.2, 0.25) is 0 Å². The second-order valence-electron chi connectivity index (χ2n) is 7.29. The van der Waals surface area contributed by atoms with Crippen LogP contribution in [0.4, 0.5) is 21.6 Å². The molecule has 0 aliphatic rings. The van der Waals surface area contributed by atoms with E-state index in [0.29, 0.717) is 34.3 Å². The van der Waals surface area contributed by atoms with Crippen LogP contribution in [0.25, 0.3) is 11.0 Å². The van der Waals surface area contributed by atoms with E-state index in [1.165, 1.54) is 29.2 Å². The molecule has 11 heteroatoms. The topological polar surface area (TPSA) is 124 Å². The van der Waals surface area contributed by atoms with Gasteiger partial charge in [0.1, 0.15) is 22.7 Å². The fourth-order valence-corrected chi connectivity index (χ4v) is 3.24. The third-order valence-electron chi connectivity index (χ3n) is 4.88. The Morgan fingerprint density at radius 1 is 1.00 bits per heavy atom. The van der Waals surface area contributed by atoms with Gasteiger partial charge in [-0.1, -0.05) is 29.1 Å². The Balaban J connectivity index is 1.37. The number of anilines is 3. The number of aromatic nitrogens is 5. The Morgan fingerprint density at radius 2 is 1.83 bits per heavy atom. The summed E-state index contributed by atoms with van der Waals surface area (Å²) in [5, 5.41) is 13.6. The van der Waals surface area contributed by atoms with Gasteiger partial charge in [0.25, 0.3) is 5.91 Å². The van der Waals surface area contributed by atoms with Crippen LogP contribution >= 0.6 is 0 Å². The van der Waals surface area contributed by atoms with E-state index in [1.807, 2.05) is 12.1 Å². The van der Waals surface area contributed by atoms with Gasteiger partial charge in [-0.3, -0.25) is 9.59 Å². The molecule has 0 unspecified atom stereocenters. The minimum atomic E-state index is -0.458. The zero-order chi connectivity index (χ0) is 24.2. The van der Waals surface area contributed by atoms with Crippen molar-refractivity contribution in [3.05, 3.63) is 95.9 Å². The highest BCUT2D eigenvalue weighted by Crippen LogP contribution is 2.22. The number of carbonyl (C=O) groups excluding carboxylic acids is 2. The van der Waals surface area contributed by atoms with E-state index in [0.717, 1.165) is 0 Å². The molecule has 0 spiro atoms. The van der Waals surface area contributed by atoms with E-state index >= 15 is 0 Å². The lowest BCUT2D eigenvalue weighted by Crippen LogP contribution is -2.13. The summed E-state index contributed by atoms with van der Waals surface area (Å²) in [5.74, 6) is -0.725. The van der Waals surface area contributed by atoms with E-state index in [1.54, 1.807) is 42.5 Å². The molecule has 172 valence electrons. The molecule has 0 radical (unpaired) electrons. The number of nitrogens with zero attached hydrogens (tertiary/aromatic N) is 5. The molecule has 0 aliphatic carbocycles. The largest absolute Gasteiger partial charge is 0.347 e. The van der Waals surface area contributed by atoms with Gasteiger partial charge >= 0.3 is 6.01 Å². The SMILES string of the molecule is O=Cc1cnc(On2nnc3ccccc32)nc1Nc1cccc(C(=O)Nc2cccc(F)c2)c1. The van der Waals surface area contributed by atoms with Crippen LogP contribution in [0, 0.1) is 5.82 Å². The van der Waals surface area contributed by atoms with Crippen LogP contribution in [-0.2, 0) is 0 Å². The van der Waals surface area contributed by atoms with Crippen molar-refractivity contribution in [3.8, 4) is 6.01 Å². The lowest BCUT2D eigenvalue weighted by molar-refractivity contribution is 0.102. The van der Waals surface area contributed by atoms with Gasteiger partial charge in [0, 0.05) is 23.1 Å². The summed E-state index contributed by atoms with van der Waals surface area (Å²) in [6.45, 7) is 0. The highest BCUT2D eigenvalue weighted by atomic mass is 19.1. The average molecular weight is 469 g/mol. The van der Waals surface area contributed by atoms with E-state index < -0.39 is 11.7 Å². The normalized spacial score (nSPS) is 10.7. The van der Waals surface area contributed by atoms with Gasteiger partial charge in [0.15, 0.2) is 6.29 Å². The van der Waals surface area contributed by atoms with Crippen LogP contribution in [-0.4, -0.2) is 37.3 Å². The summed E-state index contributed by atoms with van der Waals surface area (Å²) in [6.07, 6.45) is 1.90. The van der Waals surface area contributed by atoms with Gasteiger partial charge in [-0.05, 0) is 53.7 Å². The number of aldehydes is 1. The Morgan fingerprint density at radius 3 is 2.69 bits per heavy atom. The summed E-state index contributed by atoms with van der Waals surface area (Å²) in [4.78, 5) is 39.3. The smallest absolute Gasteiger partial charge is 0.339 e. The Bertz CT molecular complexity index is 1550. The van der Waals surface area contributed by atoms with Crippen molar-refractivity contribution in [2.45, 2.75) is 0 Å². The molecule has 0 atom stereocenters. The molecule has 5 aromatic rings. The number of fused-ring (bicyclic) bond motifs is 1. The predicted molar refractivity (Wildman–Crippen MR) is 125 cm³/mol. The number of nitrogens with one attached hydrogen (secondary N) is 2. The highest BCUT2D eigenvalue weighted by molar-refractivity contribution is 6.04. The second kappa shape index (κ2) is 9.35. The van der Waals surface area contributed by atoms with E-state index in [9.17, 15) is 14.0 Å². The summed E-state index contributed by atoms with van der Waals surface area (Å²) in [7, 11) is 0. The molecule has 2 heterocycles. The van der Waals surface area contributed by atoms with Crippen molar-refractivity contribution in [2.24, 2.45) is 0 Å². The van der Waals surface area contributed by atoms with Crippen LogP contribution in [0.5, 0.6) is 6.01 Å². The van der Waals surface area contributed by atoms with Crippen LogP contribution in [0.1, 0.15) is 20.7 Å². The average Bonchev–Trinajstić information content (AvgIpc) is 3.27. The number of amides is 1. The number of halogens is 1. The molecule has 0 aliphatic heterocycles. The van der Waals surface area contributed by atoms with Crippen molar-refractivity contribution in [1.82, 2.24) is 25.1 Å². The molecule has 0 bridgehead atoms. The lowest BCUT2D eigenvalue weighted by atomic mass is 10.1. The number of rotatable bonds is 7. The lowest BCUT2D eigenvalue weighted by Gasteiger charge is -2.11. The van der Waals surface area contributed by atoms with Gasteiger partial charge in [0.05, 0.1) is 5.56 Å². The van der Waals surface area contributed by atoms with Crippen LogP contribution in [0.15, 0.2) is 79.0 Å². The minimum absolute atomic E-state index is 0.0752. The van der Waals surface area contributed by atoms with Crippen molar-refractivity contribution >= 4 is 40.4 Å². The fraction of sp³-hybridized carbons (Fsp3) is 0. The molecule has 0 saturated carbocycles. The fourth-order valence-electron chi connectivity index (χ4n) is 3.24. The molecule has 5 rings (SSSR count). The highest BCUT2D eigenvalue weighted by Gasteiger charge is 2.13. The van der Waals surface area contributed by atoms with E-state index in [-0.39, 0.29) is 17.4 Å². The first kappa shape index (κ1) is 21.6. The summed E-state index contributed by atoms with van der Waals surface area (Å²) in [6, 6.07) is 19.2. The molecule has 35 heavy (non-hydrogen) atoms. The maximum atomic E-state index is 13.4. The predicted octanol–water partition coefficient (Wildman–Crippen LogP) is 4.01. The van der Waals surface area contributed by atoms with Crippen molar-refractivity contribution in [2.75, 3.05) is 10.6 Å². The number of benzene rings is 3. The van der Waals surface area contributed by atoms with Crippen LogP contribution in [0.3, 0.4) is 0 Å². The maximum Gasteiger partial charge on any atom is 0.347 e. The second-order valence-corrected chi connectivity index (χ2v) is 7.29. The molecule has 2 N–H and O–H groups in total. The van der Waals surface area contributed by atoms with Crippen molar-refractivity contribution < 1.29 is 18.8 Å². The summed E-state index contributed by atoms with van der Waals surface area (Å²) in [5.41, 5.74) is 2.54. The van der Waals surface area contributed by atoms with Gasteiger partial charge in [-0.25, -0.2) is 9.37 Å². The monoisotopic (exact) mass is 469 g/mol. The first-order valence-corrected chi connectivity index (χ1v) is 10.3. The summed E-state index contributed by atoms with van der Waals surface area (Å²) < 4.78 is 13.4. The van der Waals surface area contributed by atoms with Gasteiger partial charge < -0.3 is 15.5 Å². The van der Waals surface area contributed by atoms with Gasteiger partial charge in [-0.15, -0.1) is 5.10 Å². The Kier molecular flexibility index (Phi) is 5.78. The molecule has 10 nitrogen and oxygen atoms in total. The molecule has 0 saturated heterocycles. The third-order valence-corrected chi connectivity index (χ3v) is 4.88. The standard InChI is InChI=1S/C24H16FN7O3/c25-17-6-4-8-19(12-17)28-23(34)15-5-3-7-18(11-15)27-22-16(14-33)13-26-24(29-22)35-32-21-10-2-1-9-20(21)30-31-32/h1-14H,(H,28,34)(H,26,27,29). The van der Waals surface area contributed by atoms with Crippen LogP contribution in [0.2, 0.25) is 0 Å². The molecular formula is C24H16FN7O3. The molecule has 0 fully saturated rings. The van der Waals surface area contributed by atoms with E-state index in [4.69, 9.17) is 4.84 Å². The number of hydrogen-bond donors (Lipinski definition) is 2. The molecule has 1 amide bonds. The van der Waals surface area contributed by atoms with Gasteiger partial charge in [-0.2, -0.15) is 4.98 Å². The zero-order valence-corrected chi connectivity index (χ0v) is 17.9. The Hall–Kier alpha value is -5.19. The maximum absolute atomic E-state index is 13.4. The number of para-hydroxylation sites is 1. The summed E-state index contributed by atoms with van der Waals surface area (Å²) >= 11 is 0. The Labute approximate surface area is 197 Å². The molecule has 3 aromatic carbocycles. The molecular weight excluding hydrogens is 453 g/mol. The van der Waals surface area contributed by atoms with Crippen molar-refractivity contribution in [3.63, 3.8) is 0 Å². The minimum Gasteiger partial charge on any atom is -0.339 e. The van der Waals surface area contributed by atoms with Crippen LogP contribution < -0.4 is 15.5 Å². The number of carbonyl (C=O) groups is 2. The first-order chi connectivity index (χ1) is 17.1.